The number of ether oxygens (including phenoxy) is 1. The van der Waals surface area contributed by atoms with Crippen LogP contribution in [0.2, 0.25) is 0 Å². The summed E-state index contributed by atoms with van der Waals surface area (Å²) in [6, 6.07) is 8.43. The summed E-state index contributed by atoms with van der Waals surface area (Å²) in [5.41, 5.74) is 2.55. The van der Waals surface area contributed by atoms with Gasteiger partial charge < -0.3 is 4.74 Å². The van der Waals surface area contributed by atoms with E-state index in [0.29, 0.717) is 6.61 Å². The number of hydrogen-bond donors (Lipinski definition) is 0. The van der Waals surface area contributed by atoms with Gasteiger partial charge in [-0.15, -0.1) is 11.6 Å². The second kappa shape index (κ2) is 5.25. The third kappa shape index (κ3) is 3.79. The summed E-state index contributed by atoms with van der Waals surface area (Å²) in [6.45, 7) is 2.69. The van der Waals surface area contributed by atoms with Gasteiger partial charge in [-0.1, -0.05) is 29.8 Å². The molecule has 0 N–H and O–H groups in total. The zero-order valence-electron chi connectivity index (χ0n) is 8.09. The van der Waals surface area contributed by atoms with Crippen molar-refractivity contribution >= 4 is 11.6 Å². The molecular formula is C11H15ClO. The normalized spacial score (nSPS) is 12.8. The van der Waals surface area contributed by atoms with Gasteiger partial charge >= 0.3 is 0 Å². The van der Waals surface area contributed by atoms with E-state index < -0.39 is 0 Å². The van der Waals surface area contributed by atoms with Crippen molar-refractivity contribution in [1.82, 2.24) is 0 Å². The zero-order valence-corrected chi connectivity index (χ0v) is 8.84. The molecule has 0 saturated carbocycles. The molecule has 1 unspecified atom stereocenters. The summed E-state index contributed by atoms with van der Waals surface area (Å²) < 4.78 is 4.97. The Bertz CT molecular complexity index is 243. The number of benzene rings is 1. The molecule has 2 heteroatoms. The van der Waals surface area contributed by atoms with Gasteiger partial charge in [-0.05, 0) is 18.9 Å². The van der Waals surface area contributed by atoms with Crippen LogP contribution in [0.15, 0.2) is 24.3 Å². The van der Waals surface area contributed by atoms with Crippen LogP contribution < -0.4 is 0 Å². The van der Waals surface area contributed by atoms with Crippen LogP contribution in [0.1, 0.15) is 11.1 Å². The van der Waals surface area contributed by atoms with Gasteiger partial charge in [0.15, 0.2) is 0 Å². The van der Waals surface area contributed by atoms with Crippen LogP contribution in [0.25, 0.3) is 0 Å². The van der Waals surface area contributed by atoms with E-state index in [1.807, 2.05) is 0 Å². The minimum atomic E-state index is 0.0766. The lowest BCUT2D eigenvalue weighted by Gasteiger charge is -2.07. The number of halogens is 1. The molecule has 1 nitrogen and oxygen atoms in total. The van der Waals surface area contributed by atoms with Crippen LogP contribution in [0.4, 0.5) is 0 Å². The maximum atomic E-state index is 6.03. The molecule has 1 atom stereocenters. The van der Waals surface area contributed by atoms with Gasteiger partial charge in [0, 0.05) is 7.11 Å². The van der Waals surface area contributed by atoms with E-state index in [1.54, 1.807) is 7.11 Å². The Balaban J connectivity index is 2.49. The Hall–Kier alpha value is -0.530. The van der Waals surface area contributed by atoms with Gasteiger partial charge in [-0.2, -0.15) is 0 Å². The summed E-state index contributed by atoms with van der Waals surface area (Å²) in [7, 11) is 1.67. The number of methoxy groups -OCH3 is 1. The molecule has 0 aliphatic heterocycles. The third-order valence-corrected chi connectivity index (χ3v) is 2.21. The van der Waals surface area contributed by atoms with Crippen LogP contribution in [-0.2, 0) is 11.2 Å². The minimum absolute atomic E-state index is 0.0766. The number of hydrogen-bond acceptors (Lipinski definition) is 1. The number of rotatable bonds is 4. The first-order valence-corrected chi connectivity index (χ1v) is 4.84. The molecule has 1 aromatic rings. The first-order valence-electron chi connectivity index (χ1n) is 4.41. The first kappa shape index (κ1) is 10.6. The zero-order chi connectivity index (χ0) is 9.68. The van der Waals surface area contributed by atoms with E-state index in [2.05, 4.69) is 31.2 Å². The Kier molecular flexibility index (Phi) is 4.26. The van der Waals surface area contributed by atoms with E-state index in [9.17, 15) is 0 Å². The SMILES string of the molecule is COCC(Cl)Cc1ccc(C)cc1. The molecule has 13 heavy (non-hydrogen) atoms. The van der Waals surface area contributed by atoms with E-state index in [0.717, 1.165) is 6.42 Å². The summed E-state index contributed by atoms with van der Waals surface area (Å²) in [5.74, 6) is 0. The van der Waals surface area contributed by atoms with Crippen molar-refractivity contribution in [2.24, 2.45) is 0 Å². The van der Waals surface area contributed by atoms with Gasteiger partial charge in [0.1, 0.15) is 0 Å². The lowest BCUT2D eigenvalue weighted by atomic mass is 10.1. The monoisotopic (exact) mass is 198 g/mol. The molecule has 0 fully saturated rings. The van der Waals surface area contributed by atoms with Crippen molar-refractivity contribution in [2.45, 2.75) is 18.7 Å². The van der Waals surface area contributed by atoms with Gasteiger partial charge in [0.2, 0.25) is 0 Å². The average Bonchev–Trinajstić information content (AvgIpc) is 2.09. The van der Waals surface area contributed by atoms with E-state index >= 15 is 0 Å². The lowest BCUT2D eigenvalue weighted by Crippen LogP contribution is -2.10. The highest BCUT2D eigenvalue weighted by molar-refractivity contribution is 6.20. The predicted molar refractivity (Wildman–Crippen MR) is 56.4 cm³/mol. The standard InChI is InChI=1S/C11H15ClO/c1-9-3-5-10(6-4-9)7-11(12)8-13-2/h3-6,11H,7-8H2,1-2H3. The Morgan fingerprint density at radius 1 is 1.31 bits per heavy atom. The minimum Gasteiger partial charge on any atom is -0.383 e. The molecule has 0 aliphatic rings. The summed E-state index contributed by atoms with van der Waals surface area (Å²) in [6.07, 6.45) is 0.871. The molecule has 0 spiro atoms. The van der Waals surface area contributed by atoms with Crippen molar-refractivity contribution in [1.29, 1.82) is 0 Å². The van der Waals surface area contributed by atoms with Crippen LogP contribution in [-0.4, -0.2) is 19.1 Å². The molecule has 1 rings (SSSR count). The fourth-order valence-corrected chi connectivity index (χ4v) is 1.52. The van der Waals surface area contributed by atoms with Crippen molar-refractivity contribution in [3.8, 4) is 0 Å². The Morgan fingerprint density at radius 3 is 2.46 bits per heavy atom. The molecule has 0 aromatic heterocycles. The van der Waals surface area contributed by atoms with Gasteiger partial charge in [-0.25, -0.2) is 0 Å². The molecular weight excluding hydrogens is 184 g/mol. The highest BCUT2D eigenvalue weighted by Crippen LogP contribution is 2.09. The molecule has 1 aromatic carbocycles. The van der Waals surface area contributed by atoms with Crippen LogP contribution >= 0.6 is 11.6 Å². The fourth-order valence-electron chi connectivity index (χ4n) is 1.22. The fraction of sp³-hybridized carbons (Fsp3) is 0.455. The van der Waals surface area contributed by atoms with Crippen LogP contribution in [0.3, 0.4) is 0 Å². The maximum absolute atomic E-state index is 6.03. The Labute approximate surface area is 84.7 Å². The molecule has 0 amide bonds. The van der Waals surface area contributed by atoms with Crippen molar-refractivity contribution in [3.05, 3.63) is 35.4 Å². The highest BCUT2D eigenvalue weighted by Gasteiger charge is 2.04. The first-order chi connectivity index (χ1) is 6.22. The molecule has 0 saturated heterocycles. The smallest absolute Gasteiger partial charge is 0.0629 e. The second-order valence-electron chi connectivity index (χ2n) is 3.24. The summed E-state index contributed by atoms with van der Waals surface area (Å²) >= 11 is 6.03. The van der Waals surface area contributed by atoms with Gasteiger partial charge in [0.05, 0.1) is 12.0 Å². The Morgan fingerprint density at radius 2 is 1.92 bits per heavy atom. The van der Waals surface area contributed by atoms with Gasteiger partial charge in [-0.3, -0.25) is 0 Å². The van der Waals surface area contributed by atoms with Crippen LogP contribution in [0.5, 0.6) is 0 Å². The van der Waals surface area contributed by atoms with E-state index in [4.69, 9.17) is 16.3 Å². The largest absolute Gasteiger partial charge is 0.383 e. The summed E-state index contributed by atoms with van der Waals surface area (Å²) in [4.78, 5) is 0. The van der Waals surface area contributed by atoms with Crippen molar-refractivity contribution in [2.75, 3.05) is 13.7 Å². The van der Waals surface area contributed by atoms with Gasteiger partial charge in [0.25, 0.3) is 0 Å². The van der Waals surface area contributed by atoms with Crippen molar-refractivity contribution < 1.29 is 4.74 Å². The second-order valence-corrected chi connectivity index (χ2v) is 3.86. The molecule has 0 aliphatic carbocycles. The number of aryl methyl sites for hydroxylation is 1. The molecule has 0 radical (unpaired) electrons. The van der Waals surface area contributed by atoms with E-state index in [1.165, 1.54) is 11.1 Å². The summed E-state index contributed by atoms with van der Waals surface area (Å²) in [5, 5.41) is 0.0766. The quantitative estimate of drug-likeness (QED) is 0.677. The molecule has 0 bridgehead atoms. The lowest BCUT2D eigenvalue weighted by molar-refractivity contribution is 0.197. The highest BCUT2D eigenvalue weighted by atomic mass is 35.5. The number of alkyl halides is 1. The van der Waals surface area contributed by atoms with Crippen LogP contribution in [0, 0.1) is 6.92 Å². The molecule has 72 valence electrons. The third-order valence-electron chi connectivity index (χ3n) is 1.93. The maximum Gasteiger partial charge on any atom is 0.0629 e. The topological polar surface area (TPSA) is 9.23 Å². The van der Waals surface area contributed by atoms with E-state index in [-0.39, 0.29) is 5.38 Å². The predicted octanol–water partition coefficient (Wildman–Crippen LogP) is 2.79. The molecule has 0 heterocycles. The average molecular weight is 199 g/mol. The van der Waals surface area contributed by atoms with Crippen molar-refractivity contribution in [3.63, 3.8) is 0 Å².